The van der Waals surface area contributed by atoms with Crippen LogP contribution in [-0.4, -0.2) is 14.8 Å². The van der Waals surface area contributed by atoms with Crippen molar-refractivity contribution in [2.75, 3.05) is 0 Å². The van der Waals surface area contributed by atoms with Crippen LogP contribution in [0.3, 0.4) is 0 Å². The van der Waals surface area contributed by atoms with Crippen LogP contribution in [0.5, 0.6) is 0 Å². The van der Waals surface area contributed by atoms with Crippen molar-refractivity contribution in [2.45, 2.75) is 83.5 Å². The van der Waals surface area contributed by atoms with Crippen molar-refractivity contribution < 1.29 is 0 Å². The molecule has 1 unspecified atom stereocenters. The molecule has 1 atom stereocenters. The van der Waals surface area contributed by atoms with E-state index in [1.807, 2.05) is 6.07 Å². The zero-order valence-electron chi connectivity index (χ0n) is 19.7. The van der Waals surface area contributed by atoms with E-state index in [1.165, 1.54) is 15.9 Å². The Labute approximate surface area is 190 Å². The molecule has 0 aliphatic heterocycles. The van der Waals surface area contributed by atoms with Crippen LogP contribution in [0.4, 0.5) is 0 Å². The topological polar surface area (TPSA) is 0 Å². The second-order valence-electron chi connectivity index (χ2n) is 11.3. The highest BCUT2D eigenvalue weighted by molar-refractivity contribution is 7.33. The van der Waals surface area contributed by atoms with Crippen molar-refractivity contribution in [3.8, 4) is 0 Å². The SMILES string of the molecule is CC(C)(C)[Si](Cl)(C(C)(C)C)C(C)(C)Cc1ccc([Si](C)(Cl)c2ccccc2)cc1. The van der Waals surface area contributed by atoms with Gasteiger partial charge in [0, 0.05) is 0 Å². The Hall–Kier alpha value is -0.546. The molecule has 29 heavy (non-hydrogen) atoms. The largest absolute Gasteiger partial charge is 0.214 e. The summed E-state index contributed by atoms with van der Waals surface area (Å²) in [5.41, 5.74) is 1.35. The zero-order valence-corrected chi connectivity index (χ0v) is 23.2. The van der Waals surface area contributed by atoms with Gasteiger partial charge in [-0.3, -0.25) is 0 Å². The molecule has 2 aromatic carbocycles. The van der Waals surface area contributed by atoms with Crippen LogP contribution in [-0.2, 0) is 6.42 Å². The maximum atomic E-state index is 7.64. The molecule has 0 aromatic heterocycles. The fourth-order valence-electron chi connectivity index (χ4n) is 5.64. The second-order valence-corrected chi connectivity index (χ2v) is 24.1. The maximum Gasteiger partial charge on any atom is 0.214 e. The first-order valence-electron chi connectivity index (χ1n) is 10.6. The van der Waals surface area contributed by atoms with Crippen LogP contribution >= 0.6 is 22.2 Å². The van der Waals surface area contributed by atoms with Crippen molar-refractivity contribution >= 4 is 47.3 Å². The minimum atomic E-state index is -2.21. The molecule has 0 saturated carbocycles. The summed E-state index contributed by atoms with van der Waals surface area (Å²) >= 11 is 14.7. The Morgan fingerprint density at radius 2 is 1.07 bits per heavy atom. The van der Waals surface area contributed by atoms with Gasteiger partial charge >= 0.3 is 0 Å². The van der Waals surface area contributed by atoms with E-state index in [0.29, 0.717) is 0 Å². The molecule has 0 N–H and O–H groups in total. The lowest BCUT2D eigenvalue weighted by Gasteiger charge is -2.56. The molecular formula is C25H38Cl2Si2. The lowest BCUT2D eigenvalue weighted by Crippen LogP contribution is -2.55. The Balaban J connectivity index is 2.35. The van der Waals surface area contributed by atoms with E-state index in [0.717, 1.165) is 6.42 Å². The Morgan fingerprint density at radius 3 is 1.48 bits per heavy atom. The average Bonchev–Trinajstić information content (AvgIpc) is 2.60. The minimum Gasteiger partial charge on any atom is -0.165 e. The van der Waals surface area contributed by atoms with Gasteiger partial charge in [0.1, 0.15) is 0 Å². The minimum absolute atomic E-state index is 0.0493. The molecule has 0 nitrogen and oxygen atoms in total. The molecule has 0 aliphatic rings. The summed E-state index contributed by atoms with van der Waals surface area (Å²) in [5, 5.41) is 2.76. The van der Waals surface area contributed by atoms with Crippen LogP contribution in [0.25, 0.3) is 0 Å². The summed E-state index contributed by atoms with van der Waals surface area (Å²) in [5.74, 6) is 0. The van der Waals surface area contributed by atoms with Gasteiger partial charge in [-0.05, 0) is 44.0 Å². The van der Waals surface area contributed by atoms with E-state index in [-0.39, 0.29) is 15.1 Å². The molecule has 2 aromatic rings. The van der Waals surface area contributed by atoms with E-state index in [9.17, 15) is 0 Å². The zero-order chi connectivity index (χ0) is 22.3. The van der Waals surface area contributed by atoms with Crippen molar-refractivity contribution in [3.05, 3.63) is 60.2 Å². The highest BCUT2D eigenvalue weighted by atomic mass is 35.6. The van der Waals surface area contributed by atoms with Crippen LogP contribution in [0.2, 0.25) is 21.7 Å². The van der Waals surface area contributed by atoms with Gasteiger partial charge < -0.3 is 0 Å². The van der Waals surface area contributed by atoms with Gasteiger partial charge in [0.15, 0.2) is 7.38 Å². The van der Waals surface area contributed by atoms with Crippen LogP contribution in [0, 0.1) is 0 Å². The molecule has 0 radical (unpaired) electrons. The predicted molar refractivity (Wildman–Crippen MR) is 138 cm³/mol. The third-order valence-corrected chi connectivity index (χ3v) is 21.7. The lowest BCUT2D eigenvalue weighted by atomic mass is 10.0. The third kappa shape index (κ3) is 4.71. The monoisotopic (exact) mass is 464 g/mol. The number of rotatable bonds is 5. The Kier molecular flexibility index (Phi) is 6.98. The van der Waals surface area contributed by atoms with Gasteiger partial charge in [-0.1, -0.05) is 110 Å². The summed E-state index contributed by atoms with van der Waals surface area (Å²) in [4.78, 5) is 0. The molecule has 0 spiro atoms. The first-order chi connectivity index (χ1) is 13.0. The second kappa shape index (κ2) is 8.18. The molecule has 0 amide bonds. The molecule has 0 bridgehead atoms. The molecule has 0 aliphatic carbocycles. The van der Waals surface area contributed by atoms with Crippen molar-refractivity contribution in [1.82, 2.24) is 0 Å². The molecule has 160 valence electrons. The molecule has 2 rings (SSSR count). The Morgan fingerprint density at radius 1 is 0.655 bits per heavy atom. The summed E-state index contributed by atoms with van der Waals surface area (Å²) < 4.78 is 0. The van der Waals surface area contributed by atoms with E-state index in [4.69, 9.17) is 22.2 Å². The van der Waals surface area contributed by atoms with E-state index < -0.39 is 14.8 Å². The van der Waals surface area contributed by atoms with Crippen molar-refractivity contribution in [1.29, 1.82) is 0 Å². The maximum absolute atomic E-state index is 7.64. The number of hydrogen-bond acceptors (Lipinski definition) is 0. The quantitative estimate of drug-likeness (QED) is 0.313. The van der Waals surface area contributed by atoms with Gasteiger partial charge in [0.2, 0.25) is 7.38 Å². The van der Waals surface area contributed by atoms with Crippen molar-refractivity contribution in [2.24, 2.45) is 0 Å². The molecule has 0 heterocycles. The number of benzene rings is 2. The summed E-state index contributed by atoms with van der Waals surface area (Å²) in [6.45, 7) is 20.9. The van der Waals surface area contributed by atoms with Gasteiger partial charge in [-0.2, -0.15) is 22.2 Å². The fourth-order valence-corrected chi connectivity index (χ4v) is 15.3. The standard InChI is InChI=1S/C25H38Cl2Si2/c1-23(2,3)29(27,24(4,5)6)25(7,8)19-20-15-17-22(18-16-20)28(9,26)21-13-11-10-12-14-21/h10-18H,19H2,1-9H3. The van der Waals surface area contributed by atoms with Gasteiger partial charge in [0.25, 0.3) is 0 Å². The molecular weight excluding hydrogens is 427 g/mol. The number of hydrogen-bond donors (Lipinski definition) is 0. The van der Waals surface area contributed by atoms with Gasteiger partial charge in [0.05, 0.1) is 0 Å². The van der Waals surface area contributed by atoms with E-state index in [2.05, 4.69) is 110 Å². The summed E-state index contributed by atoms with van der Waals surface area (Å²) in [6.07, 6.45) is 0.990. The molecule has 4 heteroatoms. The fraction of sp³-hybridized carbons (Fsp3) is 0.520. The highest BCUT2D eigenvalue weighted by Gasteiger charge is 2.60. The van der Waals surface area contributed by atoms with Gasteiger partial charge in [-0.25, -0.2) is 0 Å². The predicted octanol–water partition coefficient (Wildman–Crippen LogP) is 7.72. The summed E-state index contributed by atoms with van der Waals surface area (Å²) in [7, 11) is -4.39. The lowest BCUT2D eigenvalue weighted by molar-refractivity contribution is 0.529. The Bertz CT molecular complexity index is 797. The first-order valence-corrected chi connectivity index (χ1v) is 17.1. The smallest absolute Gasteiger partial charge is 0.165 e. The van der Waals surface area contributed by atoms with Crippen LogP contribution < -0.4 is 10.4 Å². The first kappa shape index (κ1) is 24.7. The van der Waals surface area contributed by atoms with E-state index >= 15 is 0 Å². The highest BCUT2D eigenvalue weighted by Crippen LogP contribution is 2.65. The third-order valence-electron chi connectivity index (χ3n) is 6.46. The van der Waals surface area contributed by atoms with Crippen molar-refractivity contribution in [3.63, 3.8) is 0 Å². The number of halogens is 2. The normalized spacial score (nSPS) is 15.8. The van der Waals surface area contributed by atoms with Gasteiger partial charge in [-0.15, -0.1) is 0 Å². The van der Waals surface area contributed by atoms with Crippen LogP contribution in [0.15, 0.2) is 54.6 Å². The average molecular weight is 466 g/mol. The summed E-state index contributed by atoms with van der Waals surface area (Å²) in [6, 6.07) is 19.5. The molecule has 0 saturated heterocycles. The molecule has 0 fully saturated rings. The van der Waals surface area contributed by atoms with E-state index in [1.54, 1.807) is 0 Å². The van der Waals surface area contributed by atoms with Crippen LogP contribution in [0.1, 0.15) is 61.0 Å².